The Kier molecular flexibility index (Phi) is 4.22. The summed E-state index contributed by atoms with van der Waals surface area (Å²) in [5, 5.41) is 5.75. The number of rotatable bonds is 3. The summed E-state index contributed by atoms with van der Waals surface area (Å²) in [6.07, 6.45) is 1.44. The molecule has 0 aliphatic carbocycles. The first-order chi connectivity index (χ1) is 11.7. The van der Waals surface area contributed by atoms with Gasteiger partial charge in [0.15, 0.2) is 10.9 Å². The average molecular weight is 345 g/mol. The summed E-state index contributed by atoms with van der Waals surface area (Å²) in [6, 6.07) is 9.81. The SMILES string of the molecule is O=C(c1csc(Nc2ccccc2)n1)N1CCC2(CC1)OCCO2. The Balaban J connectivity index is 1.38. The predicted octanol–water partition coefficient (Wildman–Crippen LogP) is 2.87. The van der Waals surface area contributed by atoms with Crippen molar-refractivity contribution in [1.82, 2.24) is 9.88 Å². The zero-order valence-electron chi connectivity index (χ0n) is 13.2. The van der Waals surface area contributed by atoms with Crippen molar-refractivity contribution in [3.8, 4) is 0 Å². The molecule has 4 rings (SSSR count). The maximum absolute atomic E-state index is 12.6. The third-order valence-corrected chi connectivity index (χ3v) is 5.13. The second kappa shape index (κ2) is 6.51. The molecule has 1 aromatic carbocycles. The van der Waals surface area contributed by atoms with Gasteiger partial charge in [-0.3, -0.25) is 4.79 Å². The van der Waals surface area contributed by atoms with Crippen molar-refractivity contribution in [2.75, 3.05) is 31.6 Å². The highest BCUT2D eigenvalue weighted by atomic mass is 32.1. The van der Waals surface area contributed by atoms with Crippen LogP contribution < -0.4 is 5.32 Å². The number of benzene rings is 1. The number of para-hydroxylation sites is 1. The summed E-state index contributed by atoms with van der Waals surface area (Å²) >= 11 is 1.44. The van der Waals surface area contributed by atoms with Crippen LogP contribution in [0.5, 0.6) is 0 Å². The molecule has 0 atom stereocenters. The number of carbonyl (C=O) groups excluding carboxylic acids is 1. The van der Waals surface area contributed by atoms with Crippen molar-refractivity contribution < 1.29 is 14.3 Å². The van der Waals surface area contributed by atoms with Crippen LogP contribution in [0.25, 0.3) is 0 Å². The lowest BCUT2D eigenvalue weighted by Crippen LogP contribution is -2.47. The smallest absolute Gasteiger partial charge is 0.273 e. The minimum absolute atomic E-state index is 0.0276. The highest BCUT2D eigenvalue weighted by molar-refractivity contribution is 7.14. The number of nitrogens with one attached hydrogen (secondary N) is 1. The lowest BCUT2D eigenvalue weighted by molar-refractivity contribution is -0.181. The van der Waals surface area contributed by atoms with Gasteiger partial charge < -0.3 is 19.7 Å². The second-order valence-electron chi connectivity index (χ2n) is 5.93. The molecule has 0 unspecified atom stereocenters. The standard InChI is InChI=1S/C17H19N3O3S/c21-15(20-8-6-17(7-9-20)22-10-11-23-17)14-12-24-16(19-14)18-13-4-2-1-3-5-13/h1-5,12H,6-11H2,(H,18,19). The second-order valence-corrected chi connectivity index (χ2v) is 6.79. The average Bonchev–Trinajstić information content (AvgIpc) is 3.26. The number of nitrogens with zero attached hydrogens (tertiary/aromatic N) is 2. The molecule has 0 radical (unpaired) electrons. The molecule has 1 spiro atoms. The van der Waals surface area contributed by atoms with Gasteiger partial charge in [0, 0.05) is 37.0 Å². The van der Waals surface area contributed by atoms with Gasteiger partial charge in [0.05, 0.1) is 13.2 Å². The van der Waals surface area contributed by atoms with Crippen molar-refractivity contribution in [1.29, 1.82) is 0 Å². The molecule has 2 saturated heterocycles. The molecule has 2 fully saturated rings. The van der Waals surface area contributed by atoms with Gasteiger partial charge in [-0.05, 0) is 12.1 Å². The Labute approximate surface area is 144 Å². The summed E-state index contributed by atoms with van der Waals surface area (Å²) in [5.41, 5.74) is 1.45. The molecule has 126 valence electrons. The Morgan fingerprint density at radius 3 is 2.58 bits per heavy atom. The molecule has 1 N–H and O–H groups in total. The van der Waals surface area contributed by atoms with Gasteiger partial charge in [0.1, 0.15) is 5.69 Å². The molecule has 7 heteroatoms. The molecular weight excluding hydrogens is 326 g/mol. The van der Waals surface area contributed by atoms with Crippen molar-refractivity contribution in [2.24, 2.45) is 0 Å². The predicted molar refractivity (Wildman–Crippen MR) is 91.6 cm³/mol. The van der Waals surface area contributed by atoms with Crippen LogP contribution in [0.4, 0.5) is 10.8 Å². The maximum Gasteiger partial charge on any atom is 0.273 e. The van der Waals surface area contributed by atoms with E-state index in [1.165, 1.54) is 11.3 Å². The first-order valence-corrected chi connectivity index (χ1v) is 8.97. The zero-order chi connectivity index (χ0) is 16.4. The third-order valence-electron chi connectivity index (χ3n) is 4.37. The van der Waals surface area contributed by atoms with Gasteiger partial charge in [0.25, 0.3) is 5.91 Å². The van der Waals surface area contributed by atoms with Crippen LogP contribution >= 0.6 is 11.3 Å². The van der Waals surface area contributed by atoms with E-state index in [-0.39, 0.29) is 5.91 Å². The zero-order valence-corrected chi connectivity index (χ0v) is 14.1. The van der Waals surface area contributed by atoms with Crippen LogP contribution in [-0.2, 0) is 9.47 Å². The molecular formula is C17H19N3O3S. The van der Waals surface area contributed by atoms with Crippen LogP contribution in [0.15, 0.2) is 35.7 Å². The summed E-state index contributed by atoms with van der Waals surface area (Å²) in [4.78, 5) is 18.9. The van der Waals surface area contributed by atoms with E-state index in [0.29, 0.717) is 32.0 Å². The summed E-state index contributed by atoms with van der Waals surface area (Å²) in [5.74, 6) is -0.487. The molecule has 0 bridgehead atoms. The molecule has 2 aliphatic rings. The van der Waals surface area contributed by atoms with E-state index >= 15 is 0 Å². The Bertz CT molecular complexity index is 703. The highest BCUT2D eigenvalue weighted by Crippen LogP contribution is 2.32. The first-order valence-electron chi connectivity index (χ1n) is 8.09. The first kappa shape index (κ1) is 15.6. The fourth-order valence-electron chi connectivity index (χ4n) is 3.07. The van der Waals surface area contributed by atoms with Crippen LogP contribution in [0.3, 0.4) is 0 Å². The van der Waals surface area contributed by atoms with Gasteiger partial charge >= 0.3 is 0 Å². The largest absolute Gasteiger partial charge is 0.347 e. The fraction of sp³-hybridized carbons (Fsp3) is 0.412. The van der Waals surface area contributed by atoms with Crippen molar-refractivity contribution in [2.45, 2.75) is 18.6 Å². The monoisotopic (exact) mass is 345 g/mol. The van der Waals surface area contributed by atoms with E-state index < -0.39 is 5.79 Å². The number of hydrogen-bond acceptors (Lipinski definition) is 6. The molecule has 2 aliphatic heterocycles. The Morgan fingerprint density at radius 2 is 1.88 bits per heavy atom. The number of carbonyl (C=O) groups is 1. The molecule has 2 aromatic rings. The van der Waals surface area contributed by atoms with E-state index in [9.17, 15) is 4.79 Å². The van der Waals surface area contributed by atoms with E-state index in [2.05, 4.69) is 10.3 Å². The lowest BCUT2D eigenvalue weighted by atomic mass is 10.0. The van der Waals surface area contributed by atoms with Gasteiger partial charge in [-0.15, -0.1) is 11.3 Å². The maximum atomic E-state index is 12.6. The molecule has 24 heavy (non-hydrogen) atoms. The van der Waals surface area contributed by atoms with E-state index in [4.69, 9.17) is 9.47 Å². The number of likely N-dealkylation sites (tertiary alicyclic amines) is 1. The van der Waals surface area contributed by atoms with Crippen LogP contribution in [0.1, 0.15) is 23.3 Å². The number of anilines is 2. The number of thiazole rings is 1. The Morgan fingerprint density at radius 1 is 1.17 bits per heavy atom. The minimum Gasteiger partial charge on any atom is -0.347 e. The lowest BCUT2D eigenvalue weighted by Gasteiger charge is -2.37. The number of amides is 1. The van der Waals surface area contributed by atoms with E-state index in [1.54, 1.807) is 5.38 Å². The molecule has 6 nitrogen and oxygen atoms in total. The summed E-state index contributed by atoms with van der Waals surface area (Å²) in [7, 11) is 0. The van der Waals surface area contributed by atoms with E-state index in [1.807, 2.05) is 35.2 Å². The highest BCUT2D eigenvalue weighted by Gasteiger charge is 2.41. The van der Waals surface area contributed by atoms with Gasteiger partial charge in [-0.2, -0.15) is 0 Å². The van der Waals surface area contributed by atoms with E-state index in [0.717, 1.165) is 23.7 Å². The molecule has 0 saturated carbocycles. The number of hydrogen-bond donors (Lipinski definition) is 1. The van der Waals surface area contributed by atoms with Gasteiger partial charge in [0.2, 0.25) is 0 Å². The number of piperidine rings is 1. The molecule has 3 heterocycles. The topological polar surface area (TPSA) is 63.7 Å². The Hall–Kier alpha value is -1.96. The van der Waals surface area contributed by atoms with Crippen LogP contribution in [0, 0.1) is 0 Å². The third kappa shape index (κ3) is 3.15. The number of ether oxygens (including phenoxy) is 2. The fourth-order valence-corrected chi connectivity index (χ4v) is 3.78. The van der Waals surface area contributed by atoms with Gasteiger partial charge in [-0.25, -0.2) is 4.98 Å². The van der Waals surface area contributed by atoms with Crippen LogP contribution in [0.2, 0.25) is 0 Å². The molecule has 1 amide bonds. The number of aromatic nitrogens is 1. The molecule has 1 aromatic heterocycles. The summed E-state index contributed by atoms with van der Waals surface area (Å²) in [6.45, 7) is 2.57. The normalized spacial score (nSPS) is 19.6. The summed E-state index contributed by atoms with van der Waals surface area (Å²) < 4.78 is 11.4. The van der Waals surface area contributed by atoms with Crippen molar-refractivity contribution >= 4 is 28.1 Å². The minimum atomic E-state index is -0.459. The van der Waals surface area contributed by atoms with Crippen molar-refractivity contribution in [3.05, 3.63) is 41.4 Å². The van der Waals surface area contributed by atoms with Crippen molar-refractivity contribution in [3.63, 3.8) is 0 Å². The quantitative estimate of drug-likeness (QED) is 0.927. The van der Waals surface area contributed by atoms with Gasteiger partial charge in [-0.1, -0.05) is 18.2 Å². The van der Waals surface area contributed by atoms with Crippen LogP contribution in [-0.4, -0.2) is 47.9 Å².